The highest BCUT2D eigenvalue weighted by atomic mass is 16.7. The molecule has 1 atom stereocenters. The van der Waals surface area contributed by atoms with Crippen LogP contribution in [0.5, 0.6) is 0 Å². The molecular formula is C16H26O7. The third-order valence-corrected chi connectivity index (χ3v) is 2.42. The van der Waals surface area contributed by atoms with Gasteiger partial charge in [-0.2, -0.15) is 0 Å². The minimum Gasteiger partial charge on any atom is -0.465 e. The first-order valence-electron chi connectivity index (χ1n) is 7.51. The minimum absolute atomic E-state index is 0.0628. The van der Waals surface area contributed by atoms with E-state index in [9.17, 15) is 14.4 Å². The van der Waals surface area contributed by atoms with E-state index in [-0.39, 0.29) is 31.6 Å². The van der Waals surface area contributed by atoms with Gasteiger partial charge >= 0.3 is 17.9 Å². The van der Waals surface area contributed by atoms with Crippen LogP contribution < -0.4 is 0 Å². The smallest absolute Gasteiger partial charge is 0.333 e. The summed E-state index contributed by atoms with van der Waals surface area (Å²) in [6, 6.07) is 0. The van der Waals surface area contributed by atoms with Crippen LogP contribution in [0.1, 0.15) is 40.5 Å². The van der Waals surface area contributed by atoms with E-state index >= 15 is 0 Å². The van der Waals surface area contributed by atoms with Crippen molar-refractivity contribution in [3.05, 3.63) is 12.2 Å². The largest absolute Gasteiger partial charge is 0.465 e. The van der Waals surface area contributed by atoms with Gasteiger partial charge in [-0.25, -0.2) is 4.79 Å². The van der Waals surface area contributed by atoms with Crippen molar-refractivity contribution in [3.63, 3.8) is 0 Å². The van der Waals surface area contributed by atoms with Gasteiger partial charge in [0.2, 0.25) is 0 Å². The Bertz CT molecular complexity index is 415. The first kappa shape index (κ1) is 21.1. The molecule has 0 N–H and O–H groups in total. The van der Waals surface area contributed by atoms with Crippen molar-refractivity contribution < 1.29 is 33.3 Å². The minimum atomic E-state index is -0.637. The fraction of sp³-hybridized carbons (Fsp3) is 0.688. The van der Waals surface area contributed by atoms with Gasteiger partial charge in [-0.15, -0.1) is 0 Å². The van der Waals surface area contributed by atoms with Gasteiger partial charge in [0.25, 0.3) is 0 Å². The molecule has 0 spiro atoms. The standard InChI is InChI=1S/C16H26O7/c1-11(2)10-22-13(5)23-15(18)7-8-20-14(17)6-9-21-16(19)12(3)4/h11,13H,3,6-10H2,1-2,4-5H3. The van der Waals surface area contributed by atoms with Crippen LogP contribution >= 0.6 is 0 Å². The van der Waals surface area contributed by atoms with E-state index < -0.39 is 24.2 Å². The molecule has 0 aliphatic heterocycles. The fourth-order valence-corrected chi connectivity index (χ4v) is 1.28. The topological polar surface area (TPSA) is 88.1 Å². The molecule has 0 saturated heterocycles. The van der Waals surface area contributed by atoms with E-state index in [0.717, 1.165) is 0 Å². The Morgan fingerprint density at radius 1 is 0.957 bits per heavy atom. The molecular weight excluding hydrogens is 304 g/mol. The molecule has 0 amide bonds. The Morgan fingerprint density at radius 2 is 1.52 bits per heavy atom. The molecule has 7 nitrogen and oxygen atoms in total. The lowest BCUT2D eigenvalue weighted by Crippen LogP contribution is -2.21. The predicted molar refractivity (Wildman–Crippen MR) is 82.3 cm³/mol. The van der Waals surface area contributed by atoms with E-state index in [2.05, 4.69) is 6.58 Å². The highest BCUT2D eigenvalue weighted by Gasteiger charge is 2.12. The second-order valence-electron chi connectivity index (χ2n) is 5.42. The first-order chi connectivity index (χ1) is 10.7. The highest BCUT2D eigenvalue weighted by molar-refractivity contribution is 5.87. The number of hydrogen-bond donors (Lipinski definition) is 0. The lowest BCUT2D eigenvalue weighted by molar-refractivity contribution is -0.177. The zero-order valence-corrected chi connectivity index (χ0v) is 14.3. The molecule has 0 aromatic heterocycles. The molecule has 0 aromatic rings. The second-order valence-corrected chi connectivity index (χ2v) is 5.42. The SMILES string of the molecule is C=C(C)C(=O)OCCC(=O)OCCC(=O)OC(C)OCC(C)C. The molecule has 1 unspecified atom stereocenters. The van der Waals surface area contributed by atoms with E-state index in [1.165, 1.54) is 6.92 Å². The van der Waals surface area contributed by atoms with Crippen LogP contribution in [-0.2, 0) is 33.3 Å². The molecule has 0 radical (unpaired) electrons. The number of rotatable bonds is 11. The molecule has 7 heteroatoms. The van der Waals surface area contributed by atoms with E-state index in [1.54, 1.807) is 6.92 Å². The molecule has 23 heavy (non-hydrogen) atoms. The maximum atomic E-state index is 11.5. The molecule has 0 aliphatic rings. The maximum Gasteiger partial charge on any atom is 0.333 e. The van der Waals surface area contributed by atoms with Gasteiger partial charge < -0.3 is 18.9 Å². The third-order valence-electron chi connectivity index (χ3n) is 2.42. The molecule has 0 aromatic carbocycles. The van der Waals surface area contributed by atoms with Crippen molar-refractivity contribution in [3.8, 4) is 0 Å². The first-order valence-corrected chi connectivity index (χ1v) is 7.51. The Labute approximate surface area is 136 Å². The lowest BCUT2D eigenvalue weighted by atomic mass is 10.2. The van der Waals surface area contributed by atoms with E-state index in [0.29, 0.717) is 12.5 Å². The predicted octanol–water partition coefficient (Wildman–Crippen LogP) is 1.99. The van der Waals surface area contributed by atoms with Crippen molar-refractivity contribution in [2.45, 2.75) is 46.8 Å². The van der Waals surface area contributed by atoms with Crippen LogP contribution in [-0.4, -0.2) is 44.0 Å². The van der Waals surface area contributed by atoms with Gasteiger partial charge in [0, 0.05) is 5.57 Å². The van der Waals surface area contributed by atoms with Crippen LogP contribution in [0.25, 0.3) is 0 Å². The van der Waals surface area contributed by atoms with E-state index in [4.69, 9.17) is 18.9 Å². The summed E-state index contributed by atoms with van der Waals surface area (Å²) in [6.07, 6.45) is -0.781. The Kier molecular flexibility index (Phi) is 10.7. The Hall–Kier alpha value is -1.89. The summed E-state index contributed by atoms with van der Waals surface area (Å²) in [6.45, 7) is 10.8. The molecule has 0 fully saturated rings. The van der Waals surface area contributed by atoms with Gasteiger partial charge in [-0.05, 0) is 19.8 Å². The summed E-state index contributed by atoms with van der Waals surface area (Å²) in [5.74, 6) is -1.29. The van der Waals surface area contributed by atoms with Gasteiger partial charge in [-0.3, -0.25) is 9.59 Å². The molecule has 0 saturated carbocycles. The summed E-state index contributed by atoms with van der Waals surface area (Å²) in [5.41, 5.74) is 0.259. The zero-order valence-electron chi connectivity index (χ0n) is 14.3. The number of carbonyl (C=O) groups is 3. The second kappa shape index (κ2) is 11.6. The highest BCUT2D eigenvalue weighted by Crippen LogP contribution is 2.02. The molecule has 132 valence electrons. The normalized spacial score (nSPS) is 11.7. The maximum absolute atomic E-state index is 11.5. The molecule has 0 heterocycles. The zero-order chi connectivity index (χ0) is 17.8. The monoisotopic (exact) mass is 330 g/mol. The Balaban J connectivity index is 3.72. The average Bonchev–Trinajstić information content (AvgIpc) is 2.44. The van der Waals surface area contributed by atoms with Crippen LogP contribution in [0.15, 0.2) is 12.2 Å². The van der Waals surface area contributed by atoms with Gasteiger partial charge in [-0.1, -0.05) is 20.4 Å². The molecule has 0 aliphatic carbocycles. The number of hydrogen-bond acceptors (Lipinski definition) is 7. The van der Waals surface area contributed by atoms with Gasteiger partial charge in [0.05, 0.1) is 19.4 Å². The van der Waals surface area contributed by atoms with Gasteiger partial charge in [0.1, 0.15) is 13.2 Å². The number of carbonyl (C=O) groups excluding carboxylic acids is 3. The summed E-state index contributed by atoms with van der Waals surface area (Å²) >= 11 is 0. The van der Waals surface area contributed by atoms with Crippen molar-refractivity contribution in [1.82, 2.24) is 0 Å². The van der Waals surface area contributed by atoms with Crippen molar-refractivity contribution in [1.29, 1.82) is 0 Å². The van der Waals surface area contributed by atoms with Crippen LogP contribution in [0, 0.1) is 5.92 Å². The number of esters is 3. The van der Waals surface area contributed by atoms with Crippen molar-refractivity contribution in [2.75, 3.05) is 19.8 Å². The lowest BCUT2D eigenvalue weighted by Gasteiger charge is -2.15. The quantitative estimate of drug-likeness (QED) is 0.248. The number of ether oxygens (including phenoxy) is 4. The summed E-state index contributed by atoms with van der Waals surface area (Å²) in [7, 11) is 0. The third kappa shape index (κ3) is 12.3. The molecule has 0 bridgehead atoms. The van der Waals surface area contributed by atoms with Crippen LogP contribution in [0.2, 0.25) is 0 Å². The summed E-state index contributed by atoms with van der Waals surface area (Å²) in [4.78, 5) is 33.9. The molecule has 0 rings (SSSR count). The van der Waals surface area contributed by atoms with Gasteiger partial charge in [0.15, 0.2) is 6.29 Å². The van der Waals surface area contributed by atoms with Crippen LogP contribution in [0.3, 0.4) is 0 Å². The summed E-state index contributed by atoms with van der Waals surface area (Å²) in [5, 5.41) is 0. The van der Waals surface area contributed by atoms with E-state index in [1.807, 2.05) is 13.8 Å². The van der Waals surface area contributed by atoms with Crippen molar-refractivity contribution in [2.24, 2.45) is 5.92 Å². The van der Waals surface area contributed by atoms with Crippen molar-refractivity contribution >= 4 is 17.9 Å². The Morgan fingerprint density at radius 3 is 2.09 bits per heavy atom. The fourth-order valence-electron chi connectivity index (χ4n) is 1.28. The summed E-state index contributed by atoms with van der Waals surface area (Å²) < 4.78 is 19.9. The average molecular weight is 330 g/mol. The van der Waals surface area contributed by atoms with Crippen LogP contribution in [0.4, 0.5) is 0 Å².